The first-order chi connectivity index (χ1) is 12.5. The summed E-state index contributed by atoms with van der Waals surface area (Å²) in [5.41, 5.74) is 0. The molecule has 2 aromatic rings. The van der Waals surface area contributed by atoms with Crippen LogP contribution in [0.4, 0.5) is 0 Å². The number of hydrogen-bond donors (Lipinski definition) is 1. The van der Waals surface area contributed by atoms with Crippen LogP contribution in [-0.4, -0.2) is 38.3 Å². The number of likely N-dealkylation sites (tertiary alicyclic amines) is 1. The van der Waals surface area contributed by atoms with E-state index in [1.165, 1.54) is 0 Å². The highest BCUT2D eigenvalue weighted by Gasteiger charge is 2.40. The average molecular weight is 359 g/mol. The minimum atomic E-state index is -0.373. The molecular weight excluding hydrogens is 334 g/mol. The molecule has 1 fully saturated rings. The molecule has 8 heteroatoms. The van der Waals surface area contributed by atoms with Gasteiger partial charge in [-0.1, -0.05) is 6.92 Å². The molecule has 0 aromatic carbocycles. The van der Waals surface area contributed by atoms with Gasteiger partial charge in [0.1, 0.15) is 17.6 Å². The van der Waals surface area contributed by atoms with Crippen LogP contribution >= 0.6 is 0 Å². The Balaban J connectivity index is 1.71. The number of aryl methyl sites for hydroxylation is 2. The first-order valence-corrected chi connectivity index (χ1v) is 8.95. The highest BCUT2D eigenvalue weighted by molar-refractivity contribution is 5.84. The van der Waals surface area contributed by atoms with Crippen LogP contribution in [0.5, 0.6) is 0 Å². The van der Waals surface area contributed by atoms with E-state index < -0.39 is 0 Å². The summed E-state index contributed by atoms with van der Waals surface area (Å²) in [5, 5.41) is 2.92. The van der Waals surface area contributed by atoms with Crippen molar-refractivity contribution in [2.75, 3.05) is 7.05 Å². The number of carbonyl (C=O) groups excluding carboxylic acids is 2. The number of hydrogen-bond acceptors (Lipinski definition) is 5. The number of carbonyl (C=O) groups is 2. The maximum atomic E-state index is 12.8. The smallest absolute Gasteiger partial charge is 0.226 e. The van der Waals surface area contributed by atoms with Crippen molar-refractivity contribution in [2.45, 2.75) is 45.2 Å². The molecule has 0 radical (unpaired) electrons. The third kappa shape index (κ3) is 3.63. The van der Waals surface area contributed by atoms with E-state index in [4.69, 9.17) is 4.42 Å². The zero-order valence-corrected chi connectivity index (χ0v) is 15.4. The summed E-state index contributed by atoms with van der Waals surface area (Å²) in [7, 11) is 3.60. The molecule has 1 N–H and O–H groups in total. The first kappa shape index (κ1) is 18.2. The predicted octanol–water partition coefficient (Wildman–Crippen LogP) is 1.59. The van der Waals surface area contributed by atoms with Crippen molar-refractivity contribution >= 4 is 11.8 Å². The van der Waals surface area contributed by atoms with Gasteiger partial charge in [0.2, 0.25) is 11.8 Å². The van der Waals surface area contributed by atoms with E-state index in [1.54, 1.807) is 24.3 Å². The maximum Gasteiger partial charge on any atom is 0.226 e. The fraction of sp³-hybridized carbons (Fsp3) is 0.556. The molecule has 3 heterocycles. The van der Waals surface area contributed by atoms with Gasteiger partial charge in [-0.2, -0.15) is 0 Å². The van der Waals surface area contributed by atoms with Crippen molar-refractivity contribution in [2.24, 2.45) is 13.0 Å². The molecule has 0 spiro atoms. The molecule has 8 nitrogen and oxygen atoms in total. The molecular formula is C18H25N5O3. The second-order valence-electron chi connectivity index (χ2n) is 6.68. The van der Waals surface area contributed by atoms with E-state index in [-0.39, 0.29) is 30.3 Å². The Morgan fingerprint density at radius 3 is 2.88 bits per heavy atom. The molecule has 3 rings (SSSR count). The van der Waals surface area contributed by atoms with Crippen LogP contribution in [0.1, 0.15) is 49.7 Å². The Bertz CT molecular complexity index is 781. The van der Waals surface area contributed by atoms with Crippen molar-refractivity contribution in [3.8, 4) is 0 Å². The SMILES string of the molecule is CCCc1ncc(CNC(=O)[C@H]2CCC(=O)N(C)[C@@H]2c2nccn2C)o1. The zero-order chi connectivity index (χ0) is 18.7. The van der Waals surface area contributed by atoms with Crippen LogP contribution in [0, 0.1) is 5.92 Å². The largest absolute Gasteiger partial charge is 0.444 e. The van der Waals surface area contributed by atoms with Crippen molar-refractivity contribution < 1.29 is 14.0 Å². The van der Waals surface area contributed by atoms with Gasteiger partial charge in [-0.05, 0) is 12.8 Å². The number of rotatable bonds is 6. The van der Waals surface area contributed by atoms with Gasteiger partial charge in [0.15, 0.2) is 5.89 Å². The molecule has 2 aromatic heterocycles. The van der Waals surface area contributed by atoms with Gasteiger partial charge in [-0.25, -0.2) is 9.97 Å². The normalized spacial score (nSPS) is 20.4. The lowest BCUT2D eigenvalue weighted by Crippen LogP contribution is -2.47. The minimum absolute atomic E-state index is 0.0292. The predicted molar refractivity (Wildman–Crippen MR) is 93.8 cm³/mol. The van der Waals surface area contributed by atoms with Crippen molar-refractivity contribution in [1.29, 1.82) is 0 Å². The van der Waals surface area contributed by atoms with Crippen LogP contribution in [0.15, 0.2) is 23.0 Å². The quantitative estimate of drug-likeness (QED) is 0.845. The molecule has 2 atom stereocenters. The number of amides is 2. The molecule has 1 aliphatic heterocycles. The Kier molecular flexibility index (Phi) is 5.39. The summed E-state index contributed by atoms with van der Waals surface area (Å²) in [4.78, 5) is 35.2. The van der Waals surface area contributed by atoms with Gasteiger partial charge in [-0.3, -0.25) is 9.59 Å². The average Bonchev–Trinajstić information content (AvgIpc) is 3.24. The summed E-state index contributed by atoms with van der Waals surface area (Å²) in [6, 6.07) is -0.373. The fourth-order valence-electron chi connectivity index (χ4n) is 3.39. The molecule has 0 unspecified atom stereocenters. The molecule has 26 heavy (non-hydrogen) atoms. The molecule has 1 saturated heterocycles. The van der Waals surface area contributed by atoms with E-state index in [1.807, 2.05) is 17.8 Å². The first-order valence-electron chi connectivity index (χ1n) is 8.95. The van der Waals surface area contributed by atoms with Crippen molar-refractivity contribution in [1.82, 2.24) is 24.8 Å². The molecule has 0 bridgehead atoms. The number of piperidine rings is 1. The van der Waals surface area contributed by atoms with Crippen LogP contribution in [0.2, 0.25) is 0 Å². The highest BCUT2D eigenvalue weighted by atomic mass is 16.4. The number of oxazole rings is 1. The lowest BCUT2D eigenvalue weighted by Gasteiger charge is -2.37. The van der Waals surface area contributed by atoms with E-state index in [0.29, 0.717) is 30.3 Å². The molecule has 0 aliphatic carbocycles. The van der Waals surface area contributed by atoms with Crippen molar-refractivity contribution in [3.63, 3.8) is 0 Å². The molecule has 1 aliphatic rings. The van der Waals surface area contributed by atoms with Crippen LogP contribution in [0.25, 0.3) is 0 Å². The second-order valence-corrected chi connectivity index (χ2v) is 6.68. The Hall–Kier alpha value is -2.64. The number of nitrogens with one attached hydrogen (secondary N) is 1. The van der Waals surface area contributed by atoms with Gasteiger partial charge in [0, 0.05) is 39.3 Å². The second kappa shape index (κ2) is 7.72. The summed E-state index contributed by atoms with van der Waals surface area (Å²) < 4.78 is 7.47. The van der Waals surface area contributed by atoms with Gasteiger partial charge in [0.05, 0.1) is 18.7 Å². The Morgan fingerprint density at radius 2 is 2.19 bits per heavy atom. The van der Waals surface area contributed by atoms with Gasteiger partial charge in [0.25, 0.3) is 0 Å². The molecule has 2 amide bonds. The lowest BCUT2D eigenvalue weighted by molar-refractivity contribution is -0.142. The monoisotopic (exact) mass is 359 g/mol. The summed E-state index contributed by atoms with van der Waals surface area (Å²) >= 11 is 0. The fourth-order valence-corrected chi connectivity index (χ4v) is 3.39. The van der Waals surface area contributed by atoms with Gasteiger partial charge in [-0.15, -0.1) is 0 Å². The van der Waals surface area contributed by atoms with Crippen LogP contribution in [0.3, 0.4) is 0 Å². The van der Waals surface area contributed by atoms with E-state index in [2.05, 4.69) is 22.2 Å². The van der Waals surface area contributed by atoms with Crippen LogP contribution in [-0.2, 0) is 29.6 Å². The van der Waals surface area contributed by atoms with E-state index >= 15 is 0 Å². The third-order valence-corrected chi connectivity index (χ3v) is 4.82. The maximum absolute atomic E-state index is 12.8. The third-order valence-electron chi connectivity index (χ3n) is 4.82. The van der Waals surface area contributed by atoms with Crippen LogP contribution < -0.4 is 5.32 Å². The summed E-state index contributed by atoms with van der Waals surface area (Å²) in [6.07, 6.45) is 7.76. The van der Waals surface area contributed by atoms with Crippen molar-refractivity contribution in [3.05, 3.63) is 36.1 Å². The minimum Gasteiger partial charge on any atom is -0.444 e. The topological polar surface area (TPSA) is 93.3 Å². The number of nitrogens with zero attached hydrogens (tertiary/aromatic N) is 4. The lowest BCUT2D eigenvalue weighted by atomic mass is 9.87. The zero-order valence-electron chi connectivity index (χ0n) is 15.4. The summed E-state index contributed by atoms with van der Waals surface area (Å²) in [5.74, 6) is 1.61. The standard InChI is InChI=1S/C18H25N5O3/c1-4-5-14-20-10-12(26-14)11-21-18(25)13-6-7-15(24)23(3)16(13)17-19-8-9-22(17)2/h8-10,13,16H,4-7,11H2,1-3H3,(H,21,25)/t13-,16-/m0/s1. The van der Waals surface area contributed by atoms with E-state index in [0.717, 1.165) is 12.8 Å². The van der Waals surface area contributed by atoms with Gasteiger partial charge < -0.3 is 19.2 Å². The Labute approximate surface area is 152 Å². The molecule has 0 saturated carbocycles. The van der Waals surface area contributed by atoms with Gasteiger partial charge >= 0.3 is 0 Å². The summed E-state index contributed by atoms with van der Waals surface area (Å²) in [6.45, 7) is 2.35. The highest BCUT2D eigenvalue weighted by Crippen LogP contribution is 2.34. The number of imidazole rings is 1. The molecule has 140 valence electrons. The Morgan fingerprint density at radius 1 is 1.38 bits per heavy atom. The number of aromatic nitrogens is 3. The van der Waals surface area contributed by atoms with E-state index in [9.17, 15) is 9.59 Å².